The molecule has 0 bridgehead atoms. The molecular formula is C12H18O. The molecule has 0 aliphatic rings. The van der Waals surface area contributed by atoms with E-state index < -0.39 is 0 Å². The van der Waals surface area contributed by atoms with Crippen LogP contribution in [0.2, 0.25) is 0 Å². The predicted octanol–water partition coefficient (Wildman–Crippen LogP) is 3.35. The minimum atomic E-state index is 0.428. The number of phenolic OH excluding ortho intramolecular Hbond substituents is 1. The molecule has 0 aliphatic heterocycles. The minimum Gasteiger partial charge on any atom is -0.508 e. The highest BCUT2D eigenvalue weighted by Gasteiger charge is 2.02. The van der Waals surface area contributed by atoms with Gasteiger partial charge >= 0.3 is 0 Å². The Hall–Kier alpha value is -0.980. The highest BCUT2D eigenvalue weighted by atomic mass is 16.3. The molecular weight excluding hydrogens is 160 g/mol. The number of aryl methyl sites for hydroxylation is 3. The summed E-state index contributed by atoms with van der Waals surface area (Å²) in [6.07, 6.45) is 3.48. The van der Waals surface area contributed by atoms with Crippen molar-refractivity contribution in [3.05, 3.63) is 28.8 Å². The van der Waals surface area contributed by atoms with Gasteiger partial charge in [-0.15, -0.1) is 0 Å². The van der Waals surface area contributed by atoms with Crippen molar-refractivity contribution in [1.82, 2.24) is 0 Å². The van der Waals surface area contributed by atoms with Gasteiger partial charge in [0.25, 0.3) is 0 Å². The molecule has 1 rings (SSSR count). The smallest absolute Gasteiger partial charge is 0.118 e. The van der Waals surface area contributed by atoms with Gasteiger partial charge in [0.15, 0.2) is 0 Å². The first-order chi connectivity index (χ1) is 6.15. The van der Waals surface area contributed by atoms with Gasteiger partial charge in [0.2, 0.25) is 0 Å². The Bertz CT molecular complexity index is 289. The lowest BCUT2D eigenvalue weighted by Crippen LogP contribution is -1.90. The van der Waals surface area contributed by atoms with Gasteiger partial charge in [0, 0.05) is 0 Å². The molecule has 1 nitrogen and oxygen atoms in total. The van der Waals surface area contributed by atoms with Crippen molar-refractivity contribution in [1.29, 1.82) is 0 Å². The second-order valence-corrected chi connectivity index (χ2v) is 3.67. The highest BCUT2D eigenvalue weighted by molar-refractivity contribution is 5.40. The second kappa shape index (κ2) is 4.31. The van der Waals surface area contributed by atoms with E-state index in [1.165, 1.54) is 24.0 Å². The summed E-state index contributed by atoms with van der Waals surface area (Å²) in [5.41, 5.74) is 3.55. The molecule has 1 aromatic rings. The Balaban J connectivity index is 2.88. The van der Waals surface area contributed by atoms with E-state index in [4.69, 9.17) is 0 Å². The predicted molar refractivity (Wildman–Crippen MR) is 56.2 cm³/mol. The van der Waals surface area contributed by atoms with Gasteiger partial charge < -0.3 is 5.11 Å². The largest absolute Gasteiger partial charge is 0.508 e. The SMILES string of the molecule is CCCCc1cc(O)c(C)cc1C. The van der Waals surface area contributed by atoms with Gasteiger partial charge in [-0.25, -0.2) is 0 Å². The summed E-state index contributed by atoms with van der Waals surface area (Å²) < 4.78 is 0. The average molecular weight is 178 g/mol. The number of rotatable bonds is 3. The normalized spacial score (nSPS) is 10.4. The molecule has 0 saturated heterocycles. The van der Waals surface area contributed by atoms with Gasteiger partial charge in [-0.3, -0.25) is 0 Å². The molecule has 0 spiro atoms. The van der Waals surface area contributed by atoms with Crippen molar-refractivity contribution in [2.75, 3.05) is 0 Å². The van der Waals surface area contributed by atoms with Crippen LogP contribution in [0.4, 0.5) is 0 Å². The summed E-state index contributed by atoms with van der Waals surface area (Å²) in [4.78, 5) is 0. The van der Waals surface area contributed by atoms with Crippen LogP contribution in [0.1, 0.15) is 36.5 Å². The zero-order chi connectivity index (χ0) is 9.84. The standard InChI is InChI=1S/C12H18O/c1-4-5-6-11-8-12(13)10(3)7-9(11)2/h7-8,13H,4-6H2,1-3H3. The van der Waals surface area contributed by atoms with Gasteiger partial charge in [-0.2, -0.15) is 0 Å². The van der Waals surface area contributed by atoms with Crippen molar-refractivity contribution in [2.45, 2.75) is 40.0 Å². The maximum atomic E-state index is 9.52. The molecule has 0 amide bonds. The van der Waals surface area contributed by atoms with E-state index in [2.05, 4.69) is 19.9 Å². The highest BCUT2D eigenvalue weighted by Crippen LogP contribution is 2.22. The molecule has 1 N–H and O–H groups in total. The molecule has 0 fully saturated rings. The molecule has 1 heteroatoms. The number of aromatic hydroxyl groups is 1. The maximum absolute atomic E-state index is 9.52. The van der Waals surface area contributed by atoms with Crippen LogP contribution in [0, 0.1) is 13.8 Å². The van der Waals surface area contributed by atoms with Crippen LogP contribution < -0.4 is 0 Å². The molecule has 0 aromatic heterocycles. The number of unbranched alkanes of at least 4 members (excludes halogenated alkanes) is 1. The third kappa shape index (κ3) is 2.48. The van der Waals surface area contributed by atoms with Gasteiger partial charge in [-0.05, 0) is 49.4 Å². The Labute approximate surface area is 80.4 Å². The van der Waals surface area contributed by atoms with Crippen LogP contribution in [0.5, 0.6) is 5.75 Å². The van der Waals surface area contributed by atoms with Gasteiger partial charge in [-0.1, -0.05) is 19.4 Å². The summed E-state index contributed by atoms with van der Waals surface area (Å²) >= 11 is 0. The van der Waals surface area contributed by atoms with Crippen LogP contribution in [0.25, 0.3) is 0 Å². The summed E-state index contributed by atoms with van der Waals surface area (Å²) in [6, 6.07) is 3.96. The second-order valence-electron chi connectivity index (χ2n) is 3.67. The minimum absolute atomic E-state index is 0.428. The first-order valence-electron chi connectivity index (χ1n) is 4.94. The van der Waals surface area contributed by atoms with E-state index in [1.807, 2.05) is 13.0 Å². The summed E-state index contributed by atoms with van der Waals surface area (Å²) in [6.45, 7) is 6.23. The Morgan fingerprint density at radius 3 is 2.46 bits per heavy atom. The maximum Gasteiger partial charge on any atom is 0.118 e. The van der Waals surface area contributed by atoms with Crippen LogP contribution in [-0.4, -0.2) is 5.11 Å². The Kier molecular flexibility index (Phi) is 3.35. The number of benzene rings is 1. The fourth-order valence-corrected chi connectivity index (χ4v) is 1.52. The summed E-state index contributed by atoms with van der Waals surface area (Å²) in [5, 5.41) is 9.52. The van der Waals surface area contributed by atoms with E-state index in [-0.39, 0.29) is 0 Å². The van der Waals surface area contributed by atoms with Crippen molar-refractivity contribution >= 4 is 0 Å². The van der Waals surface area contributed by atoms with Crippen LogP contribution in [0.15, 0.2) is 12.1 Å². The Morgan fingerprint density at radius 2 is 1.85 bits per heavy atom. The van der Waals surface area contributed by atoms with Crippen LogP contribution in [-0.2, 0) is 6.42 Å². The van der Waals surface area contributed by atoms with Crippen LogP contribution in [0.3, 0.4) is 0 Å². The average Bonchev–Trinajstić information content (AvgIpc) is 2.09. The lowest BCUT2D eigenvalue weighted by atomic mass is 10.0. The molecule has 0 saturated carbocycles. The van der Waals surface area contributed by atoms with Crippen molar-refractivity contribution in [3.63, 3.8) is 0 Å². The lowest BCUT2D eigenvalue weighted by Gasteiger charge is -2.07. The molecule has 1 aromatic carbocycles. The summed E-state index contributed by atoms with van der Waals surface area (Å²) in [7, 11) is 0. The van der Waals surface area contributed by atoms with E-state index in [0.717, 1.165) is 12.0 Å². The van der Waals surface area contributed by atoms with Crippen molar-refractivity contribution < 1.29 is 5.11 Å². The number of phenols is 1. The van der Waals surface area contributed by atoms with E-state index in [1.54, 1.807) is 0 Å². The molecule has 13 heavy (non-hydrogen) atoms. The van der Waals surface area contributed by atoms with E-state index in [9.17, 15) is 5.11 Å². The third-order valence-corrected chi connectivity index (χ3v) is 2.45. The number of hydrogen-bond donors (Lipinski definition) is 1. The summed E-state index contributed by atoms with van der Waals surface area (Å²) in [5.74, 6) is 0.428. The zero-order valence-corrected chi connectivity index (χ0v) is 8.72. The van der Waals surface area contributed by atoms with E-state index >= 15 is 0 Å². The van der Waals surface area contributed by atoms with E-state index in [0.29, 0.717) is 5.75 Å². The molecule has 0 heterocycles. The Morgan fingerprint density at radius 1 is 1.15 bits per heavy atom. The molecule has 0 unspecified atom stereocenters. The first kappa shape index (κ1) is 10.1. The third-order valence-electron chi connectivity index (χ3n) is 2.45. The van der Waals surface area contributed by atoms with Gasteiger partial charge in [0.05, 0.1) is 0 Å². The first-order valence-corrected chi connectivity index (χ1v) is 4.94. The molecule has 0 aliphatic carbocycles. The fraction of sp³-hybridized carbons (Fsp3) is 0.500. The fourth-order valence-electron chi connectivity index (χ4n) is 1.52. The van der Waals surface area contributed by atoms with Crippen molar-refractivity contribution in [2.24, 2.45) is 0 Å². The zero-order valence-electron chi connectivity index (χ0n) is 8.72. The van der Waals surface area contributed by atoms with Gasteiger partial charge in [0.1, 0.15) is 5.75 Å². The number of hydrogen-bond acceptors (Lipinski definition) is 1. The van der Waals surface area contributed by atoms with Crippen LogP contribution >= 0.6 is 0 Å². The molecule has 0 atom stereocenters. The molecule has 72 valence electrons. The monoisotopic (exact) mass is 178 g/mol. The molecule has 0 radical (unpaired) electrons. The topological polar surface area (TPSA) is 20.2 Å². The quantitative estimate of drug-likeness (QED) is 0.752. The van der Waals surface area contributed by atoms with Crippen molar-refractivity contribution in [3.8, 4) is 5.75 Å². The lowest BCUT2D eigenvalue weighted by molar-refractivity contribution is 0.470.